The molecule has 3 aliphatic heterocycles. The molecule has 170 valence electrons. The molecule has 0 radical (unpaired) electrons. The number of likely N-dealkylation sites (N-methyl/N-ethyl adjacent to an activating group) is 1. The Hall–Kier alpha value is -0.240. The number of β-amino-alcohol motifs (C(OH)–C–C–N with tert-alkyl or cyclic N) is 1. The molecule has 0 aromatic heterocycles. The van der Waals surface area contributed by atoms with Crippen molar-refractivity contribution in [2.24, 2.45) is 11.8 Å². The van der Waals surface area contributed by atoms with E-state index in [4.69, 9.17) is 0 Å². The highest BCUT2D eigenvalue weighted by atomic mass is 16.3. The van der Waals surface area contributed by atoms with Crippen LogP contribution in [0.25, 0.3) is 0 Å². The molecule has 3 rings (SSSR count). The largest absolute Gasteiger partial charge is 0.392 e. The van der Waals surface area contributed by atoms with E-state index in [1.54, 1.807) is 0 Å². The maximum atomic E-state index is 9.92. The first-order valence-corrected chi connectivity index (χ1v) is 12.3. The van der Waals surface area contributed by atoms with Gasteiger partial charge in [0.2, 0.25) is 0 Å². The Bertz CT molecular complexity index is 449. The predicted octanol–water partition coefficient (Wildman–Crippen LogP) is 0.970. The Morgan fingerprint density at radius 2 is 1.45 bits per heavy atom. The van der Waals surface area contributed by atoms with Gasteiger partial charge < -0.3 is 24.7 Å². The fraction of sp³-hybridized carbons (Fsp3) is 1.00. The van der Waals surface area contributed by atoms with Gasteiger partial charge in [0, 0.05) is 72.0 Å². The summed E-state index contributed by atoms with van der Waals surface area (Å²) in [4.78, 5) is 12.8. The van der Waals surface area contributed by atoms with E-state index >= 15 is 0 Å². The van der Waals surface area contributed by atoms with Crippen molar-refractivity contribution in [2.45, 2.75) is 38.7 Å². The van der Waals surface area contributed by atoms with Crippen LogP contribution >= 0.6 is 0 Å². The number of likely N-dealkylation sites (tertiary alicyclic amines) is 1. The summed E-state index contributed by atoms with van der Waals surface area (Å²) in [7, 11) is 4.55. The maximum Gasteiger partial charge on any atom is 0.0664 e. The monoisotopic (exact) mass is 409 g/mol. The van der Waals surface area contributed by atoms with Crippen molar-refractivity contribution in [3.05, 3.63) is 0 Å². The van der Waals surface area contributed by atoms with E-state index in [0.29, 0.717) is 0 Å². The maximum absolute atomic E-state index is 9.92. The highest BCUT2D eigenvalue weighted by Gasteiger charge is 2.30. The second-order valence-corrected chi connectivity index (χ2v) is 10.0. The molecule has 0 aromatic rings. The minimum absolute atomic E-state index is 0.154. The lowest BCUT2D eigenvalue weighted by Gasteiger charge is -2.42. The number of piperazine rings is 2. The Kier molecular flexibility index (Phi) is 9.66. The van der Waals surface area contributed by atoms with Crippen LogP contribution in [0.5, 0.6) is 0 Å². The van der Waals surface area contributed by atoms with Crippen molar-refractivity contribution in [3.63, 3.8) is 0 Å². The number of rotatable bonds is 9. The van der Waals surface area contributed by atoms with Crippen LogP contribution in [0.15, 0.2) is 0 Å². The molecule has 3 saturated heterocycles. The van der Waals surface area contributed by atoms with Crippen molar-refractivity contribution in [1.29, 1.82) is 0 Å². The lowest BCUT2D eigenvalue weighted by Crippen LogP contribution is -2.52. The fourth-order valence-corrected chi connectivity index (χ4v) is 5.41. The molecule has 0 saturated carbocycles. The molecule has 0 spiro atoms. The molecule has 3 atom stereocenters. The van der Waals surface area contributed by atoms with Gasteiger partial charge in [-0.3, -0.25) is 4.90 Å². The van der Waals surface area contributed by atoms with Gasteiger partial charge >= 0.3 is 0 Å². The van der Waals surface area contributed by atoms with Gasteiger partial charge in [0.05, 0.1) is 6.10 Å². The molecule has 3 heterocycles. The highest BCUT2D eigenvalue weighted by molar-refractivity contribution is 4.84. The average Bonchev–Trinajstić information content (AvgIpc) is 2.72. The van der Waals surface area contributed by atoms with Crippen molar-refractivity contribution in [1.82, 2.24) is 24.5 Å². The van der Waals surface area contributed by atoms with Gasteiger partial charge in [-0.05, 0) is 64.7 Å². The Balaban J connectivity index is 1.39. The number of piperidine rings is 1. The lowest BCUT2D eigenvalue weighted by molar-refractivity contribution is 0.0449. The minimum Gasteiger partial charge on any atom is -0.392 e. The summed E-state index contributed by atoms with van der Waals surface area (Å²) in [6.45, 7) is 17.6. The standard InChI is InChI=1S/C23H47N5O/c1-4-23(29)20-28-16-14-27(15-17-28)19-22-18-25(3)9-7-21(22)6-5-8-26-12-10-24(2)11-13-26/h21-23,29H,4-20H2,1-3H3/t21?,22?,23-/m0/s1. The Morgan fingerprint density at radius 1 is 0.793 bits per heavy atom. The first kappa shape index (κ1) is 23.4. The van der Waals surface area contributed by atoms with Crippen molar-refractivity contribution < 1.29 is 5.11 Å². The molecule has 3 aliphatic rings. The van der Waals surface area contributed by atoms with Gasteiger partial charge in [0.25, 0.3) is 0 Å². The smallest absolute Gasteiger partial charge is 0.0664 e. The average molecular weight is 410 g/mol. The first-order chi connectivity index (χ1) is 14.0. The van der Waals surface area contributed by atoms with Crippen LogP contribution in [0.2, 0.25) is 0 Å². The molecule has 0 aromatic carbocycles. The highest BCUT2D eigenvalue weighted by Crippen LogP contribution is 2.28. The second kappa shape index (κ2) is 12.0. The molecule has 0 bridgehead atoms. The van der Waals surface area contributed by atoms with Crippen LogP contribution < -0.4 is 0 Å². The molecular formula is C23H47N5O. The summed E-state index contributed by atoms with van der Waals surface area (Å²) in [6, 6.07) is 0. The van der Waals surface area contributed by atoms with E-state index in [1.165, 1.54) is 84.7 Å². The molecule has 29 heavy (non-hydrogen) atoms. The van der Waals surface area contributed by atoms with Gasteiger partial charge in [-0.15, -0.1) is 0 Å². The normalized spacial score (nSPS) is 30.6. The molecule has 0 aliphatic carbocycles. The fourth-order valence-electron chi connectivity index (χ4n) is 5.41. The van der Waals surface area contributed by atoms with Crippen LogP contribution in [0.4, 0.5) is 0 Å². The minimum atomic E-state index is -0.154. The Morgan fingerprint density at radius 3 is 2.14 bits per heavy atom. The van der Waals surface area contributed by atoms with Gasteiger partial charge in [0.15, 0.2) is 0 Å². The van der Waals surface area contributed by atoms with E-state index in [2.05, 4.69) is 45.5 Å². The topological polar surface area (TPSA) is 36.4 Å². The van der Waals surface area contributed by atoms with Crippen LogP contribution in [0.3, 0.4) is 0 Å². The summed E-state index contributed by atoms with van der Waals surface area (Å²) < 4.78 is 0. The van der Waals surface area contributed by atoms with Gasteiger partial charge in [-0.2, -0.15) is 0 Å². The summed E-state index contributed by atoms with van der Waals surface area (Å²) in [6.07, 6.45) is 4.88. The predicted molar refractivity (Wildman–Crippen MR) is 121 cm³/mol. The third-order valence-electron chi connectivity index (χ3n) is 7.64. The van der Waals surface area contributed by atoms with Gasteiger partial charge in [-0.25, -0.2) is 0 Å². The SMILES string of the molecule is CC[C@H](O)CN1CCN(CC2CN(C)CCC2CCCN2CCN(C)CC2)CC1. The molecule has 6 heteroatoms. The number of nitrogens with zero attached hydrogens (tertiary/aromatic N) is 5. The zero-order valence-corrected chi connectivity index (χ0v) is 19.4. The molecule has 2 unspecified atom stereocenters. The second-order valence-electron chi connectivity index (χ2n) is 10.0. The van der Waals surface area contributed by atoms with E-state index < -0.39 is 0 Å². The zero-order chi connectivity index (χ0) is 20.6. The molecule has 1 N–H and O–H groups in total. The van der Waals surface area contributed by atoms with Gasteiger partial charge in [-0.1, -0.05) is 6.92 Å². The number of aliphatic hydroxyl groups is 1. The van der Waals surface area contributed by atoms with Gasteiger partial charge in [0.1, 0.15) is 0 Å². The van der Waals surface area contributed by atoms with E-state index in [0.717, 1.165) is 37.9 Å². The number of hydrogen-bond donors (Lipinski definition) is 1. The van der Waals surface area contributed by atoms with E-state index in [-0.39, 0.29) is 6.10 Å². The van der Waals surface area contributed by atoms with Crippen LogP contribution in [0, 0.1) is 11.8 Å². The summed E-state index contributed by atoms with van der Waals surface area (Å²) in [5.41, 5.74) is 0. The summed E-state index contributed by atoms with van der Waals surface area (Å²) in [5, 5.41) is 9.92. The van der Waals surface area contributed by atoms with Crippen molar-refractivity contribution >= 4 is 0 Å². The number of hydrogen-bond acceptors (Lipinski definition) is 6. The van der Waals surface area contributed by atoms with E-state index in [1.807, 2.05) is 0 Å². The van der Waals surface area contributed by atoms with Crippen molar-refractivity contribution in [3.8, 4) is 0 Å². The lowest BCUT2D eigenvalue weighted by atomic mass is 9.82. The zero-order valence-electron chi connectivity index (χ0n) is 19.4. The van der Waals surface area contributed by atoms with Crippen LogP contribution in [-0.4, -0.2) is 135 Å². The van der Waals surface area contributed by atoms with Crippen LogP contribution in [-0.2, 0) is 0 Å². The third kappa shape index (κ3) is 7.75. The number of aliphatic hydroxyl groups excluding tert-OH is 1. The first-order valence-electron chi connectivity index (χ1n) is 12.3. The molecule has 6 nitrogen and oxygen atoms in total. The molecular weight excluding hydrogens is 362 g/mol. The van der Waals surface area contributed by atoms with E-state index in [9.17, 15) is 5.11 Å². The summed E-state index contributed by atoms with van der Waals surface area (Å²) in [5.74, 6) is 1.73. The quantitative estimate of drug-likeness (QED) is 0.612. The third-order valence-corrected chi connectivity index (χ3v) is 7.64. The van der Waals surface area contributed by atoms with Crippen LogP contribution in [0.1, 0.15) is 32.6 Å². The summed E-state index contributed by atoms with van der Waals surface area (Å²) >= 11 is 0. The van der Waals surface area contributed by atoms with Crippen molar-refractivity contribution in [2.75, 3.05) is 99.2 Å². The molecule has 0 amide bonds. The Labute approximate surface area is 179 Å². The molecule has 3 fully saturated rings.